The highest BCUT2D eigenvalue weighted by molar-refractivity contribution is 6.30. The van der Waals surface area contributed by atoms with Gasteiger partial charge in [0.05, 0.1) is 12.6 Å². The van der Waals surface area contributed by atoms with Crippen LogP contribution in [0.2, 0.25) is 5.02 Å². The summed E-state index contributed by atoms with van der Waals surface area (Å²) in [7, 11) is 1.69. The van der Waals surface area contributed by atoms with Crippen LogP contribution in [0.1, 0.15) is 19.4 Å². The number of hydrogen-bond acceptors (Lipinski definition) is 3. The lowest BCUT2D eigenvalue weighted by Crippen LogP contribution is -2.47. The molecule has 0 bridgehead atoms. The number of likely N-dealkylation sites (N-methyl/N-ethyl adjacent to an activating group) is 1. The van der Waals surface area contributed by atoms with E-state index in [0.717, 1.165) is 5.56 Å². The summed E-state index contributed by atoms with van der Waals surface area (Å²) in [5.74, 6) is -0.445. The normalized spacial score (nSPS) is 11.5. The quantitative estimate of drug-likeness (QED) is 0.823. The highest BCUT2D eigenvalue weighted by atomic mass is 35.5. The molecule has 22 heavy (non-hydrogen) atoms. The van der Waals surface area contributed by atoms with Gasteiger partial charge in [0.15, 0.2) is 0 Å². The molecular weight excluding hydrogens is 325 g/mol. The van der Waals surface area contributed by atoms with Crippen LogP contribution in [-0.4, -0.2) is 36.3 Å². The van der Waals surface area contributed by atoms with Gasteiger partial charge in [-0.15, -0.1) is 12.4 Å². The van der Waals surface area contributed by atoms with Crippen molar-refractivity contribution in [1.29, 1.82) is 0 Å². The first kappa shape index (κ1) is 20.7. The van der Waals surface area contributed by atoms with Crippen molar-refractivity contribution in [3.05, 3.63) is 34.9 Å². The van der Waals surface area contributed by atoms with Crippen molar-refractivity contribution < 1.29 is 9.59 Å². The summed E-state index contributed by atoms with van der Waals surface area (Å²) in [6.45, 7) is 4.13. The molecule has 1 rings (SSSR count). The SMILES string of the molecule is CC(C)[C@H](N)C(=O)NCC(=O)N(C)Cc1ccc(Cl)cc1.Cl. The zero-order valence-electron chi connectivity index (χ0n) is 13.0. The third-order valence-electron chi connectivity index (χ3n) is 3.19. The molecule has 1 aromatic carbocycles. The summed E-state index contributed by atoms with van der Waals surface area (Å²) < 4.78 is 0. The predicted molar refractivity (Wildman–Crippen MR) is 91.0 cm³/mol. The van der Waals surface area contributed by atoms with Gasteiger partial charge in [-0.2, -0.15) is 0 Å². The smallest absolute Gasteiger partial charge is 0.242 e. The van der Waals surface area contributed by atoms with Crippen LogP contribution < -0.4 is 11.1 Å². The van der Waals surface area contributed by atoms with Crippen LogP contribution in [0, 0.1) is 5.92 Å². The van der Waals surface area contributed by atoms with Crippen molar-refractivity contribution in [2.45, 2.75) is 26.4 Å². The van der Waals surface area contributed by atoms with Gasteiger partial charge in [-0.1, -0.05) is 37.6 Å². The summed E-state index contributed by atoms with van der Waals surface area (Å²) in [4.78, 5) is 25.2. The molecule has 5 nitrogen and oxygen atoms in total. The van der Waals surface area contributed by atoms with Crippen LogP contribution >= 0.6 is 24.0 Å². The molecule has 1 aromatic rings. The molecule has 0 spiro atoms. The Labute approximate surface area is 142 Å². The zero-order valence-corrected chi connectivity index (χ0v) is 14.6. The van der Waals surface area contributed by atoms with Gasteiger partial charge in [0.25, 0.3) is 0 Å². The standard InChI is InChI=1S/C15H22ClN3O2.ClH/c1-10(2)14(17)15(21)18-8-13(20)19(3)9-11-4-6-12(16)7-5-11;/h4-7,10,14H,8-9,17H2,1-3H3,(H,18,21);1H/t14-;/m0./s1. The minimum Gasteiger partial charge on any atom is -0.346 e. The molecular formula is C15H23Cl2N3O2. The maximum Gasteiger partial charge on any atom is 0.242 e. The number of nitrogens with zero attached hydrogens (tertiary/aromatic N) is 1. The van der Waals surface area contributed by atoms with Crippen molar-refractivity contribution in [3.63, 3.8) is 0 Å². The molecule has 0 radical (unpaired) electrons. The van der Waals surface area contributed by atoms with Gasteiger partial charge in [-0.25, -0.2) is 0 Å². The van der Waals surface area contributed by atoms with Gasteiger partial charge in [0, 0.05) is 18.6 Å². The summed E-state index contributed by atoms with van der Waals surface area (Å²) in [6.07, 6.45) is 0. The van der Waals surface area contributed by atoms with Crippen LogP contribution in [0.4, 0.5) is 0 Å². The average molecular weight is 348 g/mol. The number of amides is 2. The number of carbonyl (C=O) groups is 2. The number of carbonyl (C=O) groups excluding carboxylic acids is 2. The molecule has 0 unspecified atom stereocenters. The van der Waals surface area contributed by atoms with Crippen LogP contribution in [0.5, 0.6) is 0 Å². The lowest BCUT2D eigenvalue weighted by Gasteiger charge is -2.19. The molecule has 7 heteroatoms. The Balaban J connectivity index is 0.00000441. The van der Waals surface area contributed by atoms with E-state index in [4.69, 9.17) is 17.3 Å². The topological polar surface area (TPSA) is 75.4 Å². The number of nitrogens with two attached hydrogens (primary N) is 1. The molecule has 2 amide bonds. The second-order valence-electron chi connectivity index (χ2n) is 5.36. The Morgan fingerprint density at radius 1 is 1.27 bits per heavy atom. The van der Waals surface area contributed by atoms with E-state index in [1.165, 1.54) is 0 Å². The maximum absolute atomic E-state index is 12.0. The van der Waals surface area contributed by atoms with Gasteiger partial charge in [-0.05, 0) is 23.6 Å². The third-order valence-corrected chi connectivity index (χ3v) is 3.45. The molecule has 0 heterocycles. The highest BCUT2D eigenvalue weighted by Crippen LogP contribution is 2.10. The van der Waals surface area contributed by atoms with E-state index < -0.39 is 6.04 Å². The first-order valence-electron chi connectivity index (χ1n) is 6.83. The van der Waals surface area contributed by atoms with Crippen molar-refractivity contribution in [1.82, 2.24) is 10.2 Å². The zero-order chi connectivity index (χ0) is 16.0. The Kier molecular flexibility index (Phi) is 9.09. The number of rotatable bonds is 6. The van der Waals surface area contributed by atoms with Crippen LogP contribution in [0.3, 0.4) is 0 Å². The minimum atomic E-state index is -0.598. The fourth-order valence-corrected chi connectivity index (χ4v) is 1.80. The van der Waals surface area contributed by atoms with Crippen molar-refractivity contribution >= 4 is 35.8 Å². The Bertz CT molecular complexity index is 492. The van der Waals surface area contributed by atoms with E-state index in [2.05, 4.69) is 5.32 Å². The molecule has 0 aliphatic rings. The van der Waals surface area contributed by atoms with Crippen molar-refractivity contribution in [3.8, 4) is 0 Å². The molecule has 0 aromatic heterocycles. The number of nitrogens with one attached hydrogen (secondary N) is 1. The molecule has 0 saturated heterocycles. The molecule has 124 valence electrons. The van der Waals surface area contributed by atoms with Crippen LogP contribution in [0.15, 0.2) is 24.3 Å². The van der Waals surface area contributed by atoms with Gasteiger partial charge in [-0.3, -0.25) is 9.59 Å². The van der Waals surface area contributed by atoms with E-state index >= 15 is 0 Å². The van der Waals surface area contributed by atoms with Gasteiger partial charge >= 0.3 is 0 Å². The first-order chi connectivity index (χ1) is 9.81. The summed E-state index contributed by atoms with van der Waals surface area (Å²) >= 11 is 5.81. The monoisotopic (exact) mass is 347 g/mol. The average Bonchev–Trinajstić information content (AvgIpc) is 2.45. The summed E-state index contributed by atoms with van der Waals surface area (Å²) in [6, 6.07) is 6.68. The Hall–Kier alpha value is -1.30. The third kappa shape index (κ3) is 6.64. The Morgan fingerprint density at radius 3 is 2.32 bits per heavy atom. The number of benzene rings is 1. The molecule has 1 atom stereocenters. The van der Waals surface area contributed by atoms with E-state index in [1.54, 1.807) is 24.1 Å². The summed E-state index contributed by atoms with van der Waals surface area (Å²) in [5, 5.41) is 3.22. The van der Waals surface area contributed by atoms with Gasteiger partial charge in [0.1, 0.15) is 0 Å². The number of halogens is 2. The highest BCUT2D eigenvalue weighted by Gasteiger charge is 2.18. The van der Waals surface area contributed by atoms with E-state index in [9.17, 15) is 9.59 Å². The van der Waals surface area contributed by atoms with E-state index in [-0.39, 0.29) is 36.7 Å². The van der Waals surface area contributed by atoms with Crippen molar-refractivity contribution in [2.75, 3.05) is 13.6 Å². The van der Waals surface area contributed by atoms with E-state index in [1.807, 2.05) is 26.0 Å². The van der Waals surface area contributed by atoms with Gasteiger partial charge < -0.3 is 16.0 Å². The second-order valence-corrected chi connectivity index (χ2v) is 5.80. The van der Waals surface area contributed by atoms with Crippen LogP contribution in [0.25, 0.3) is 0 Å². The number of hydrogen-bond donors (Lipinski definition) is 2. The molecule has 0 aliphatic heterocycles. The van der Waals surface area contributed by atoms with Crippen LogP contribution in [-0.2, 0) is 16.1 Å². The fraction of sp³-hybridized carbons (Fsp3) is 0.467. The molecule has 0 saturated carbocycles. The molecule has 0 fully saturated rings. The van der Waals surface area contributed by atoms with Gasteiger partial charge in [0.2, 0.25) is 11.8 Å². The first-order valence-corrected chi connectivity index (χ1v) is 7.20. The van der Waals surface area contributed by atoms with Crippen molar-refractivity contribution in [2.24, 2.45) is 11.7 Å². The lowest BCUT2D eigenvalue weighted by molar-refractivity contribution is -0.132. The Morgan fingerprint density at radius 2 is 1.82 bits per heavy atom. The maximum atomic E-state index is 12.0. The lowest BCUT2D eigenvalue weighted by atomic mass is 10.1. The predicted octanol–water partition coefficient (Wildman–Crippen LogP) is 1.82. The summed E-state index contributed by atoms with van der Waals surface area (Å²) in [5.41, 5.74) is 6.68. The largest absolute Gasteiger partial charge is 0.346 e. The second kappa shape index (κ2) is 9.66. The molecule has 0 aliphatic carbocycles. The fourth-order valence-electron chi connectivity index (χ4n) is 1.67. The minimum absolute atomic E-state index is 0. The van der Waals surface area contributed by atoms with E-state index in [0.29, 0.717) is 11.6 Å². The molecule has 3 N–H and O–H groups in total.